The van der Waals surface area contributed by atoms with E-state index in [1.54, 1.807) is 7.11 Å². The Labute approximate surface area is 75.5 Å². The normalized spacial score (nSPS) is 19.0. The van der Waals surface area contributed by atoms with E-state index in [2.05, 4.69) is 0 Å². The molecule has 0 aliphatic heterocycles. The van der Waals surface area contributed by atoms with Crippen LogP contribution in [0.3, 0.4) is 0 Å². The molecule has 0 radical (unpaired) electrons. The van der Waals surface area contributed by atoms with E-state index >= 15 is 0 Å². The summed E-state index contributed by atoms with van der Waals surface area (Å²) in [4.78, 5) is 0. The molecule has 0 aromatic heterocycles. The fraction of sp³-hybridized carbons (Fsp3) is 1.00. The van der Waals surface area contributed by atoms with Crippen LogP contribution in [0.4, 0.5) is 0 Å². The highest BCUT2D eigenvalue weighted by atomic mass is 16.5. The molecular formula is C9H22N2O. The Morgan fingerprint density at radius 2 is 1.25 bits per heavy atom. The van der Waals surface area contributed by atoms with Crippen molar-refractivity contribution in [2.45, 2.75) is 45.9 Å². The summed E-state index contributed by atoms with van der Waals surface area (Å²) in [6.07, 6.45) is 0. The molecule has 12 heavy (non-hydrogen) atoms. The van der Waals surface area contributed by atoms with Gasteiger partial charge in [-0.25, -0.2) is 0 Å². The van der Waals surface area contributed by atoms with Gasteiger partial charge in [-0.2, -0.15) is 0 Å². The van der Waals surface area contributed by atoms with Crippen LogP contribution in [0.1, 0.15) is 34.6 Å². The van der Waals surface area contributed by atoms with E-state index in [1.807, 2.05) is 34.6 Å². The predicted molar refractivity (Wildman–Crippen MR) is 51.6 cm³/mol. The molecule has 0 aromatic carbocycles. The van der Waals surface area contributed by atoms with Crippen LogP contribution in [0.25, 0.3) is 0 Å². The first-order valence-electron chi connectivity index (χ1n) is 4.19. The van der Waals surface area contributed by atoms with Gasteiger partial charge in [0.1, 0.15) is 5.72 Å². The van der Waals surface area contributed by atoms with E-state index in [-0.39, 0.29) is 5.41 Å². The van der Waals surface area contributed by atoms with Crippen molar-refractivity contribution in [2.75, 3.05) is 7.11 Å². The third kappa shape index (κ3) is 1.79. The second kappa shape index (κ2) is 2.98. The van der Waals surface area contributed by atoms with E-state index in [9.17, 15) is 0 Å². The summed E-state index contributed by atoms with van der Waals surface area (Å²) in [6, 6.07) is 0. The molecule has 0 fully saturated rings. The molecule has 0 bridgehead atoms. The molecule has 1 unspecified atom stereocenters. The second-order valence-electron chi connectivity index (χ2n) is 4.91. The van der Waals surface area contributed by atoms with Crippen LogP contribution in [0.2, 0.25) is 0 Å². The van der Waals surface area contributed by atoms with E-state index in [1.165, 1.54) is 0 Å². The van der Waals surface area contributed by atoms with Crippen molar-refractivity contribution < 1.29 is 4.74 Å². The van der Waals surface area contributed by atoms with Crippen molar-refractivity contribution in [3.05, 3.63) is 0 Å². The van der Waals surface area contributed by atoms with Gasteiger partial charge in [0.25, 0.3) is 0 Å². The van der Waals surface area contributed by atoms with E-state index in [0.717, 1.165) is 0 Å². The zero-order valence-corrected chi connectivity index (χ0v) is 9.06. The van der Waals surface area contributed by atoms with E-state index < -0.39 is 11.3 Å². The van der Waals surface area contributed by atoms with Crippen molar-refractivity contribution in [3.8, 4) is 0 Å². The Bertz CT molecular complexity index is 139. The number of nitrogens with two attached hydrogens (primary N) is 2. The highest BCUT2D eigenvalue weighted by Gasteiger charge is 2.48. The maximum absolute atomic E-state index is 6.10. The van der Waals surface area contributed by atoms with Gasteiger partial charge < -0.3 is 16.2 Å². The van der Waals surface area contributed by atoms with Crippen LogP contribution >= 0.6 is 0 Å². The average Bonchev–Trinajstić information content (AvgIpc) is 1.81. The van der Waals surface area contributed by atoms with Gasteiger partial charge in [0.2, 0.25) is 0 Å². The Morgan fingerprint density at radius 1 is 0.917 bits per heavy atom. The topological polar surface area (TPSA) is 61.3 Å². The summed E-state index contributed by atoms with van der Waals surface area (Å²) in [5.41, 5.74) is 10.5. The van der Waals surface area contributed by atoms with E-state index in [4.69, 9.17) is 16.2 Å². The van der Waals surface area contributed by atoms with Crippen molar-refractivity contribution in [1.82, 2.24) is 0 Å². The fourth-order valence-electron chi connectivity index (χ4n) is 1.54. The summed E-state index contributed by atoms with van der Waals surface area (Å²) in [6.45, 7) is 9.81. The molecule has 3 heteroatoms. The monoisotopic (exact) mass is 174 g/mol. The van der Waals surface area contributed by atoms with Crippen LogP contribution in [-0.2, 0) is 4.74 Å². The summed E-state index contributed by atoms with van der Waals surface area (Å²) in [5.74, 6) is 0. The standard InChI is InChI=1S/C9H22N2O/c1-7(2,3)9(11,12-6)8(4,5)10/h10-11H2,1-6H3. The average molecular weight is 174 g/mol. The molecule has 1 atom stereocenters. The Hall–Kier alpha value is -0.120. The lowest BCUT2D eigenvalue weighted by molar-refractivity contribution is -0.130. The summed E-state index contributed by atoms with van der Waals surface area (Å²) in [5, 5.41) is 0. The first-order valence-corrected chi connectivity index (χ1v) is 4.19. The lowest BCUT2D eigenvalue weighted by Gasteiger charge is -2.49. The smallest absolute Gasteiger partial charge is 0.138 e. The van der Waals surface area contributed by atoms with Crippen molar-refractivity contribution >= 4 is 0 Å². The van der Waals surface area contributed by atoms with Gasteiger partial charge in [0, 0.05) is 12.5 Å². The van der Waals surface area contributed by atoms with Crippen LogP contribution in [-0.4, -0.2) is 18.4 Å². The van der Waals surface area contributed by atoms with Gasteiger partial charge in [0.15, 0.2) is 0 Å². The summed E-state index contributed by atoms with van der Waals surface area (Å²) < 4.78 is 5.32. The minimum atomic E-state index is -0.806. The minimum absolute atomic E-state index is 0.181. The van der Waals surface area contributed by atoms with Gasteiger partial charge in [-0.05, 0) is 13.8 Å². The molecule has 74 valence electrons. The molecular weight excluding hydrogens is 152 g/mol. The highest BCUT2D eigenvalue weighted by molar-refractivity contribution is 5.01. The highest BCUT2D eigenvalue weighted by Crippen LogP contribution is 2.35. The fourth-order valence-corrected chi connectivity index (χ4v) is 1.54. The van der Waals surface area contributed by atoms with Crippen molar-refractivity contribution in [3.63, 3.8) is 0 Å². The van der Waals surface area contributed by atoms with Gasteiger partial charge in [0.05, 0.1) is 5.54 Å². The number of hydrogen-bond donors (Lipinski definition) is 2. The van der Waals surface area contributed by atoms with Gasteiger partial charge in [-0.3, -0.25) is 0 Å². The van der Waals surface area contributed by atoms with Crippen LogP contribution in [0.15, 0.2) is 0 Å². The second-order valence-corrected chi connectivity index (χ2v) is 4.91. The lowest BCUT2D eigenvalue weighted by atomic mass is 9.73. The molecule has 0 aliphatic carbocycles. The molecule has 0 rings (SSSR count). The van der Waals surface area contributed by atoms with Gasteiger partial charge >= 0.3 is 0 Å². The largest absolute Gasteiger partial charge is 0.362 e. The molecule has 4 N–H and O–H groups in total. The number of rotatable bonds is 2. The quantitative estimate of drug-likeness (QED) is 0.616. The maximum Gasteiger partial charge on any atom is 0.138 e. The first kappa shape index (κ1) is 11.9. The zero-order valence-electron chi connectivity index (χ0n) is 9.06. The van der Waals surface area contributed by atoms with Crippen LogP contribution in [0, 0.1) is 5.41 Å². The third-order valence-electron chi connectivity index (χ3n) is 2.39. The van der Waals surface area contributed by atoms with Crippen LogP contribution < -0.4 is 11.5 Å². The molecule has 0 aromatic rings. The Kier molecular flexibility index (Phi) is 2.95. The molecule has 0 amide bonds. The van der Waals surface area contributed by atoms with Crippen LogP contribution in [0.5, 0.6) is 0 Å². The predicted octanol–water partition coefficient (Wildman–Crippen LogP) is 1.07. The zero-order chi connectivity index (χ0) is 10.2. The van der Waals surface area contributed by atoms with E-state index in [0.29, 0.717) is 0 Å². The number of hydrogen-bond acceptors (Lipinski definition) is 3. The maximum atomic E-state index is 6.10. The third-order valence-corrected chi connectivity index (χ3v) is 2.39. The molecule has 0 heterocycles. The molecule has 0 spiro atoms. The number of methoxy groups -OCH3 is 1. The van der Waals surface area contributed by atoms with Gasteiger partial charge in [-0.1, -0.05) is 20.8 Å². The lowest BCUT2D eigenvalue weighted by Crippen LogP contribution is -2.70. The molecule has 0 aliphatic rings. The number of ether oxygens (including phenoxy) is 1. The van der Waals surface area contributed by atoms with Gasteiger partial charge in [-0.15, -0.1) is 0 Å². The minimum Gasteiger partial charge on any atom is -0.362 e. The summed E-state index contributed by atoms with van der Waals surface area (Å²) in [7, 11) is 1.60. The van der Waals surface area contributed by atoms with Crippen molar-refractivity contribution in [1.29, 1.82) is 0 Å². The Balaban J connectivity index is 4.95. The molecule has 0 saturated heterocycles. The summed E-state index contributed by atoms with van der Waals surface area (Å²) >= 11 is 0. The molecule has 0 saturated carbocycles. The SMILES string of the molecule is COC(N)(C(C)(C)C)C(C)(C)N. The molecule has 3 nitrogen and oxygen atoms in total. The van der Waals surface area contributed by atoms with Crippen molar-refractivity contribution in [2.24, 2.45) is 16.9 Å². The first-order chi connectivity index (χ1) is 5.06. The Morgan fingerprint density at radius 3 is 1.25 bits per heavy atom.